The van der Waals surface area contributed by atoms with E-state index in [-0.39, 0.29) is 63.9 Å². The molecule has 0 atom stereocenters. The molecular formula is C21H15AlBr6O12. The maximum atomic E-state index is 11.1. The zero-order valence-corrected chi connectivity index (χ0v) is 29.8. The van der Waals surface area contributed by atoms with Crippen LogP contribution >= 0.6 is 95.6 Å². The minimum absolute atomic E-state index is 0. The van der Waals surface area contributed by atoms with Gasteiger partial charge in [0.05, 0.1) is 16.7 Å². The standard InChI is InChI=1S/3C7H4Br2O3.Al.3H2O/c3*8-3-1-4(7(11)12)6(10)5(9)2-3;;;;/h3*1-2,10H,(H,11,12);;3*1H2/q;;;+3;;;/p-3. The summed E-state index contributed by atoms with van der Waals surface area (Å²) in [5, 5.41) is 59.1. The van der Waals surface area contributed by atoms with E-state index < -0.39 is 35.2 Å². The second kappa shape index (κ2) is 20.6. The smallest absolute Gasteiger partial charge is 0.871 e. The number of carboxylic acid groups (broad SMARTS) is 3. The summed E-state index contributed by atoms with van der Waals surface area (Å²) in [5.74, 6) is -5.19. The minimum Gasteiger partial charge on any atom is -0.871 e. The van der Waals surface area contributed by atoms with Crippen LogP contribution in [-0.2, 0) is 0 Å². The van der Waals surface area contributed by atoms with Gasteiger partial charge in [0.15, 0.2) is 0 Å². The molecule has 0 bridgehead atoms. The molecule has 0 radical (unpaired) electrons. The van der Waals surface area contributed by atoms with Gasteiger partial charge in [-0.25, -0.2) is 14.4 Å². The SMILES string of the molecule is O.O.O.O=C(O)c1cc(Br)cc(Br)c1[O-].O=C(O)c1cc(Br)cc(Br)c1[O-].O=C(O)c1cc(Br)cc(Br)c1[O-].[Al+3]. The van der Waals surface area contributed by atoms with Gasteiger partial charge in [0, 0.05) is 26.8 Å². The normalized spacial score (nSPS) is 8.85. The zero-order chi connectivity index (χ0) is 27.9. The number of halogens is 6. The van der Waals surface area contributed by atoms with Gasteiger partial charge in [0.2, 0.25) is 0 Å². The molecule has 0 saturated carbocycles. The summed E-state index contributed by atoms with van der Waals surface area (Å²) in [4.78, 5) is 31.5. The largest absolute Gasteiger partial charge is 3.00 e. The molecule has 3 aromatic rings. The Balaban J connectivity index is -0.000000231. The van der Waals surface area contributed by atoms with E-state index in [4.69, 9.17) is 15.3 Å². The van der Waals surface area contributed by atoms with Gasteiger partial charge in [-0.1, -0.05) is 113 Å². The number of hydrogen-bond acceptors (Lipinski definition) is 6. The minimum atomic E-state index is -1.22. The summed E-state index contributed by atoms with van der Waals surface area (Å²) in [5.41, 5.74) is -0.719. The summed E-state index contributed by atoms with van der Waals surface area (Å²) in [6.07, 6.45) is 0. The van der Waals surface area contributed by atoms with Crippen LogP contribution in [0.5, 0.6) is 17.2 Å². The Morgan fingerprint density at radius 1 is 0.475 bits per heavy atom. The van der Waals surface area contributed by atoms with Crippen LogP contribution in [0.15, 0.2) is 63.2 Å². The third-order valence-electron chi connectivity index (χ3n) is 3.72. The molecule has 40 heavy (non-hydrogen) atoms. The second-order valence-electron chi connectivity index (χ2n) is 6.21. The molecule has 3 aromatic carbocycles. The Morgan fingerprint density at radius 3 is 0.800 bits per heavy atom. The molecule has 19 heteroatoms. The molecule has 0 unspecified atom stereocenters. The van der Waals surface area contributed by atoms with Crippen LogP contribution in [0.25, 0.3) is 0 Å². The van der Waals surface area contributed by atoms with Crippen LogP contribution in [-0.4, -0.2) is 67.0 Å². The van der Waals surface area contributed by atoms with E-state index in [1.807, 2.05) is 0 Å². The van der Waals surface area contributed by atoms with E-state index in [1.165, 1.54) is 36.4 Å². The molecule has 0 fully saturated rings. The van der Waals surface area contributed by atoms with Crippen LogP contribution in [0.1, 0.15) is 31.1 Å². The average Bonchev–Trinajstić information content (AvgIpc) is 2.76. The summed E-state index contributed by atoms with van der Waals surface area (Å²) in [6, 6.07) is 8.35. The molecule has 3 rings (SSSR count). The van der Waals surface area contributed by atoms with Gasteiger partial charge >= 0.3 is 35.3 Å². The van der Waals surface area contributed by atoms with Crippen molar-refractivity contribution in [3.8, 4) is 17.2 Å². The number of carbonyl (C=O) groups is 3. The molecule has 0 saturated heterocycles. The van der Waals surface area contributed by atoms with Gasteiger partial charge in [-0.05, 0) is 36.4 Å². The Kier molecular flexibility index (Phi) is 23.6. The summed E-state index contributed by atoms with van der Waals surface area (Å²) in [6.45, 7) is 0. The van der Waals surface area contributed by atoms with Crippen LogP contribution < -0.4 is 15.3 Å². The summed E-state index contributed by atoms with van der Waals surface area (Å²) in [7, 11) is 0. The molecule has 0 aliphatic heterocycles. The van der Waals surface area contributed by atoms with E-state index in [0.29, 0.717) is 13.4 Å². The van der Waals surface area contributed by atoms with Crippen molar-refractivity contribution in [3.05, 3.63) is 79.9 Å². The van der Waals surface area contributed by atoms with Gasteiger partial charge in [-0.2, -0.15) is 0 Å². The number of aromatic carboxylic acids is 3. The molecule has 0 aromatic heterocycles. The molecule has 0 aliphatic rings. The fourth-order valence-electron chi connectivity index (χ4n) is 2.16. The predicted octanol–water partition coefficient (Wildman–Crippen LogP) is 3.10. The summed E-state index contributed by atoms with van der Waals surface area (Å²) < 4.78 is 2.42. The fourth-order valence-corrected chi connectivity index (χ4v) is 5.83. The molecule has 0 heterocycles. The van der Waals surface area contributed by atoms with Gasteiger partial charge in [0.1, 0.15) is 0 Å². The van der Waals surface area contributed by atoms with E-state index in [0.717, 1.165) is 0 Å². The van der Waals surface area contributed by atoms with Crippen molar-refractivity contribution in [3.63, 3.8) is 0 Å². The number of benzene rings is 3. The van der Waals surface area contributed by atoms with Crippen LogP contribution in [0, 0.1) is 0 Å². The average molecular weight is 966 g/mol. The molecule has 0 spiro atoms. The van der Waals surface area contributed by atoms with Crippen molar-refractivity contribution in [2.24, 2.45) is 0 Å². The first-order valence-electron chi connectivity index (χ1n) is 8.74. The van der Waals surface area contributed by atoms with E-state index in [1.54, 1.807) is 0 Å². The van der Waals surface area contributed by atoms with Crippen molar-refractivity contribution in [1.82, 2.24) is 0 Å². The Labute approximate surface area is 286 Å². The molecule has 0 aliphatic carbocycles. The van der Waals surface area contributed by atoms with Gasteiger partial charge in [-0.3, -0.25) is 0 Å². The number of hydrogen-bond donors (Lipinski definition) is 3. The number of carboxylic acids is 3. The van der Waals surface area contributed by atoms with Crippen molar-refractivity contribution >= 4 is 131 Å². The Morgan fingerprint density at radius 2 is 0.650 bits per heavy atom. The van der Waals surface area contributed by atoms with Crippen LogP contribution in [0.3, 0.4) is 0 Å². The zero-order valence-electron chi connectivity index (χ0n) is 19.1. The maximum absolute atomic E-state index is 11.1. The van der Waals surface area contributed by atoms with Gasteiger partial charge < -0.3 is 47.1 Å². The second-order valence-corrected chi connectivity index (χ2v) is 11.5. The monoisotopic (exact) mass is 960 g/mol. The van der Waals surface area contributed by atoms with Gasteiger partial charge in [0.25, 0.3) is 0 Å². The quantitative estimate of drug-likeness (QED) is 0.325. The van der Waals surface area contributed by atoms with E-state index in [9.17, 15) is 29.7 Å². The van der Waals surface area contributed by atoms with Crippen molar-refractivity contribution in [2.45, 2.75) is 0 Å². The predicted molar refractivity (Wildman–Crippen MR) is 161 cm³/mol. The van der Waals surface area contributed by atoms with Crippen LogP contribution in [0.4, 0.5) is 0 Å². The number of rotatable bonds is 3. The first-order chi connectivity index (χ1) is 16.6. The van der Waals surface area contributed by atoms with Gasteiger partial charge in [-0.15, -0.1) is 0 Å². The van der Waals surface area contributed by atoms with Crippen molar-refractivity contribution < 1.29 is 61.5 Å². The van der Waals surface area contributed by atoms with Crippen molar-refractivity contribution in [1.29, 1.82) is 0 Å². The van der Waals surface area contributed by atoms with E-state index in [2.05, 4.69) is 95.6 Å². The Bertz CT molecular complexity index is 1180. The summed E-state index contributed by atoms with van der Waals surface area (Å²) >= 11 is 18.1. The molecule has 0 amide bonds. The molecular weight excluding hydrogens is 951 g/mol. The first kappa shape index (κ1) is 45.7. The molecule has 216 valence electrons. The van der Waals surface area contributed by atoms with E-state index >= 15 is 0 Å². The van der Waals surface area contributed by atoms with Crippen molar-refractivity contribution in [2.75, 3.05) is 0 Å². The third kappa shape index (κ3) is 13.6. The maximum Gasteiger partial charge on any atom is 3.00 e. The molecule has 9 N–H and O–H groups in total. The Hall–Kier alpha value is -1.24. The van der Waals surface area contributed by atoms with Crippen LogP contribution in [0.2, 0.25) is 0 Å². The fraction of sp³-hybridized carbons (Fsp3) is 0. The molecule has 12 nitrogen and oxygen atoms in total. The first-order valence-corrected chi connectivity index (χ1v) is 13.5. The third-order valence-corrected chi connectivity index (χ3v) is 6.86. The topological polar surface area (TPSA) is 276 Å².